The van der Waals surface area contributed by atoms with Crippen molar-refractivity contribution in [1.82, 2.24) is 5.32 Å². The van der Waals surface area contributed by atoms with Crippen molar-refractivity contribution in [3.05, 3.63) is 35.1 Å². The molecule has 4 heteroatoms. The minimum Gasteiger partial charge on any atom is -0.384 e. The van der Waals surface area contributed by atoms with Gasteiger partial charge in [0.05, 0.1) is 0 Å². The summed E-state index contributed by atoms with van der Waals surface area (Å²) in [7, 11) is 0. The average molecular weight is 277 g/mol. The third-order valence-electron chi connectivity index (χ3n) is 3.17. The van der Waals surface area contributed by atoms with Crippen molar-refractivity contribution in [2.75, 3.05) is 6.61 Å². The molecule has 20 heavy (non-hydrogen) atoms. The Balaban J connectivity index is 2.74. The fourth-order valence-electron chi connectivity index (χ4n) is 1.92. The molecule has 0 saturated heterocycles. The summed E-state index contributed by atoms with van der Waals surface area (Å²) in [6.07, 6.45) is 1.54. The molecule has 1 aromatic rings. The molecule has 0 aromatic heterocycles. The number of halogens is 1. The molecule has 0 aliphatic heterocycles. The highest BCUT2D eigenvalue weighted by atomic mass is 19.1. The first kappa shape index (κ1) is 16.2. The molecule has 3 nitrogen and oxygen atoms in total. The van der Waals surface area contributed by atoms with Gasteiger partial charge in [0.15, 0.2) is 0 Å². The van der Waals surface area contributed by atoms with Crippen LogP contribution in [0.25, 0.3) is 0 Å². The normalized spacial score (nSPS) is 10.1. The second-order valence-corrected chi connectivity index (χ2v) is 4.50. The number of aliphatic hydroxyl groups excluding tert-OH is 1. The van der Waals surface area contributed by atoms with E-state index in [1.54, 1.807) is 12.1 Å². The molecular formula is C16H20FNO2. The molecule has 1 amide bonds. The number of hydrogen-bond acceptors (Lipinski definition) is 2. The molecule has 0 fully saturated rings. The molecule has 0 aliphatic carbocycles. The van der Waals surface area contributed by atoms with E-state index in [1.165, 1.54) is 6.07 Å². The summed E-state index contributed by atoms with van der Waals surface area (Å²) >= 11 is 0. The number of nitrogens with one attached hydrogen (secondary N) is 1. The van der Waals surface area contributed by atoms with Crippen LogP contribution in [0, 0.1) is 23.6 Å². The second-order valence-electron chi connectivity index (χ2n) is 4.50. The number of rotatable bonds is 5. The van der Waals surface area contributed by atoms with Crippen LogP contribution in [0.15, 0.2) is 18.2 Å². The fourth-order valence-corrected chi connectivity index (χ4v) is 1.92. The molecule has 0 saturated carbocycles. The topological polar surface area (TPSA) is 49.3 Å². The Morgan fingerprint density at radius 1 is 1.40 bits per heavy atom. The maximum atomic E-state index is 13.7. The standard InChI is InChI=1S/C16H20FNO2/c1-3-13(4-2)16(20)18-11-14-10-12(6-5-9-19)7-8-15(14)17/h7-8,10,13,19H,3-4,9,11H2,1-2H3,(H,18,20). The van der Waals surface area contributed by atoms with Crippen LogP contribution in [0.3, 0.4) is 0 Å². The van der Waals surface area contributed by atoms with Crippen LogP contribution in [0.1, 0.15) is 37.8 Å². The second kappa shape index (κ2) is 8.34. The minimum atomic E-state index is -0.371. The van der Waals surface area contributed by atoms with Crippen molar-refractivity contribution in [3.63, 3.8) is 0 Å². The lowest BCUT2D eigenvalue weighted by molar-refractivity contribution is -0.125. The summed E-state index contributed by atoms with van der Waals surface area (Å²) < 4.78 is 13.7. The van der Waals surface area contributed by atoms with Crippen LogP contribution in [-0.2, 0) is 11.3 Å². The van der Waals surface area contributed by atoms with E-state index in [0.29, 0.717) is 11.1 Å². The van der Waals surface area contributed by atoms with Crippen molar-refractivity contribution < 1.29 is 14.3 Å². The molecule has 2 N–H and O–H groups in total. The van der Waals surface area contributed by atoms with Gasteiger partial charge < -0.3 is 10.4 Å². The Morgan fingerprint density at radius 2 is 2.10 bits per heavy atom. The van der Waals surface area contributed by atoms with Crippen LogP contribution in [0.5, 0.6) is 0 Å². The lowest BCUT2D eigenvalue weighted by atomic mass is 10.0. The number of hydrogen-bond donors (Lipinski definition) is 2. The smallest absolute Gasteiger partial charge is 0.223 e. The van der Waals surface area contributed by atoms with E-state index >= 15 is 0 Å². The van der Waals surface area contributed by atoms with Crippen molar-refractivity contribution >= 4 is 5.91 Å². The molecular weight excluding hydrogens is 257 g/mol. The number of carbonyl (C=O) groups is 1. The highest BCUT2D eigenvalue weighted by Crippen LogP contribution is 2.12. The third-order valence-corrected chi connectivity index (χ3v) is 3.17. The highest BCUT2D eigenvalue weighted by Gasteiger charge is 2.14. The average Bonchev–Trinajstić information content (AvgIpc) is 2.46. The van der Waals surface area contributed by atoms with Crippen LogP contribution >= 0.6 is 0 Å². The zero-order valence-corrected chi connectivity index (χ0v) is 11.9. The first-order valence-corrected chi connectivity index (χ1v) is 6.78. The maximum absolute atomic E-state index is 13.7. The summed E-state index contributed by atoms with van der Waals surface area (Å²) in [5, 5.41) is 11.4. The summed E-state index contributed by atoms with van der Waals surface area (Å²) in [6, 6.07) is 4.45. The van der Waals surface area contributed by atoms with E-state index in [4.69, 9.17) is 5.11 Å². The quantitative estimate of drug-likeness (QED) is 0.811. The van der Waals surface area contributed by atoms with Crippen molar-refractivity contribution in [1.29, 1.82) is 0 Å². The van der Waals surface area contributed by atoms with Gasteiger partial charge in [-0.1, -0.05) is 25.7 Å². The van der Waals surface area contributed by atoms with Crippen molar-refractivity contribution in [2.24, 2.45) is 5.92 Å². The third kappa shape index (κ3) is 4.67. The van der Waals surface area contributed by atoms with E-state index in [-0.39, 0.29) is 30.8 Å². The largest absolute Gasteiger partial charge is 0.384 e. The minimum absolute atomic E-state index is 0.0320. The van der Waals surface area contributed by atoms with E-state index in [2.05, 4.69) is 17.2 Å². The van der Waals surface area contributed by atoms with Gasteiger partial charge >= 0.3 is 0 Å². The number of carbonyl (C=O) groups excluding carboxylic acids is 1. The fraction of sp³-hybridized carbons (Fsp3) is 0.438. The van der Waals surface area contributed by atoms with Gasteiger partial charge in [-0.3, -0.25) is 4.79 Å². The van der Waals surface area contributed by atoms with Gasteiger partial charge in [-0.25, -0.2) is 4.39 Å². The maximum Gasteiger partial charge on any atom is 0.223 e. The molecule has 1 rings (SSSR count). The molecule has 0 spiro atoms. The Kier molecular flexibility index (Phi) is 6.75. The monoisotopic (exact) mass is 277 g/mol. The van der Waals surface area contributed by atoms with Gasteiger partial charge in [-0.2, -0.15) is 0 Å². The van der Waals surface area contributed by atoms with E-state index < -0.39 is 0 Å². The Morgan fingerprint density at radius 3 is 2.70 bits per heavy atom. The summed E-state index contributed by atoms with van der Waals surface area (Å²) in [6.45, 7) is 3.83. The van der Waals surface area contributed by atoms with Crippen molar-refractivity contribution in [3.8, 4) is 11.8 Å². The van der Waals surface area contributed by atoms with Crippen LogP contribution < -0.4 is 5.32 Å². The van der Waals surface area contributed by atoms with Gasteiger partial charge in [0.25, 0.3) is 0 Å². The highest BCUT2D eigenvalue weighted by molar-refractivity contribution is 5.78. The van der Waals surface area contributed by atoms with E-state index in [1.807, 2.05) is 13.8 Å². The zero-order valence-electron chi connectivity index (χ0n) is 11.9. The summed E-state index contributed by atoms with van der Waals surface area (Å²) in [5.74, 6) is 4.77. The van der Waals surface area contributed by atoms with E-state index in [9.17, 15) is 9.18 Å². The predicted octanol–water partition coefficient (Wildman–Crippen LogP) is 2.22. The van der Waals surface area contributed by atoms with Gasteiger partial charge in [0, 0.05) is 23.6 Å². The van der Waals surface area contributed by atoms with Crippen LogP contribution in [0.2, 0.25) is 0 Å². The Bertz CT molecular complexity index is 513. The zero-order chi connectivity index (χ0) is 15.0. The molecule has 108 valence electrons. The SMILES string of the molecule is CCC(CC)C(=O)NCc1cc(C#CCO)ccc1F. The number of benzene rings is 1. The van der Waals surface area contributed by atoms with Gasteiger partial charge in [-0.15, -0.1) is 0 Å². The van der Waals surface area contributed by atoms with Crippen molar-refractivity contribution in [2.45, 2.75) is 33.2 Å². The summed E-state index contributed by atoms with van der Waals surface area (Å²) in [4.78, 5) is 11.9. The molecule has 0 heterocycles. The molecule has 0 aliphatic rings. The lowest BCUT2D eigenvalue weighted by Gasteiger charge is -2.13. The first-order valence-electron chi connectivity index (χ1n) is 6.78. The molecule has 1 aromatic carbocycles. The Hall–Kier alpha value is -1.86. The lowest BCUT2D eigenvalue weighted by Crippen LogP contribution is -2.29. The van der Waals surface area contributed by atoms with Crippen LogP contribution in [-0.4, -0.2) is 17.6 Å². The van der Waals surface area contributed by atoms with Gasteiger partial charge in [0.2, 0.25) is 5.91 Å². The van der Waals surface area contributed by atoms with Crippen LogP contribution in [0.4, 0.5) is 4.39 Å². The van der Waals surface area contributed by atoms with Gasteiger partial charge in [-0.05, 0) is 31.0 Å². The Labute approximate surface area is 119 Å². The molecule has 0 atom stereocenters. The summed E-state index contributed by atoms with van der Waals surface area (Å²) in [5.41, 5.74) is 1.02. The van der Waals surface area contributed by atoms with E-state index in [0.717, 1.165) is 12.8 Å². The number of amides is 1. The van der Waals surface area contributed by atoms with Gasteiger partial charge in [0.1, 0.15) is 12.4 Å². The number of aliphatic hydroxyl groups is 1. The predicted molar refractivity (Wildman–Crippen MR) is 76.3 cm³/mol. The molecule has 0 radical (unpaired) electrons. The molecule has 0 bridgehead atoms. The first-order chi connectivity index (χ1) is 9.62. The molecule has 0 unspecified atom stereocenters.